The lowest BCUT2D eigenvalue weighted by Gasteiger charge is -1.97. The summed E-state index contributed by atoms with van der Waals surface area (Å²) in [5, 5.41) is 19.2. The Labute approximate surface area is 112 Å². The van der Waals surface area contributed by atoms with Crippen molar-refractivity contribution in [2.45, 2.75) is 0 Å². The second-order valence-electron chi connectivity index (χ2n) is 3.37. The Bertz CT molecular complexity index is 623. The molecule has 7 heteroatoms. The number of hydrogen-bond acceptors (Lipinski definition) is 3. The first-order valence-corrected chi connectivity index (χ1v) is 5.60. The topological polar surface area (TPSA) is 78.9 Å². The van der Waals surface area contributed by atoms with Gasteiger partial charge in [-0.1, -0.05) is 35.3 Å². The zero-order chi connectivity index (χ0) is 13.1. The number of carboxylic acids is 1. The van der Waals surface area contributed by atoms with Gasteiger partial charge in [-0.2, -0.15) is 10.3 Å². The van der Waals surface area contributed by atoms with E-state index in [0.717, 1.165) is 5.56 Å². The Balaban J connectivity index is 2.27. The third-order valence-corrected chi connectivity index (χ3v) is 2.89. The first kappa shape index (κ1) is 12.6. The Morgan fingerprint density at radius 1 is 1.22 bits per heavy atom. The molecule has 0 atom stereocenters. The minimum absolute atomic E-state index is 0.133. The third-order valence-electron chi connectivity index (χ3n) is 2.15. The molecule has 0 unspecified atom stereocenters. The molecule has 0 aliphatic carbocycles. The fourth-order valence-electron chi connectivity index (χ4n) is 1.30. The molecular formula is C11H7Cl2N3O2. The molecule has 0 fully saturated rings. The van der Waals surface area contributed by atoms with Crippen molar-refractivity contribution < 1.29 is 9.90 Å². The quantitative estimate of drug-likeness (QED) is 0.908. The summed E-state index contributed by atoms with van der Waals surface area (Å²) in [4.78, 5) is 10.8. The van der Waals surface area contributed by atoms with E-state index in [9.17, 15) is 4.79 Å². The van der Waals surface area contributed by atoms with E-state index in [0.29, 0.717) is 10.0 Å². The molecule has 2 N–H and O–H groups in total. The average molecular weight is 284 g/mol. The first-order chi connectivity index (χ1) is 8.58. The Hall–Kier alpha value is -1.85. The highest BCUT2D eigenvalue weighted by Crippen LogP contribution is 2.23. The normalized spacial score (nSPS) is 11.0. The molecule has 0 saturated heterocycles. The Morgan fingerprint density at radius 3 is 2.67 bits per heavy atom. The molecule has 0 aliphatic heterocycles. The lowest BCUT2D eigenvalue weighted by Crippen LogP contribution is -1.98. The van der Waals surface area contributed by atoms with Crippen molar-refractivity contribution >= 4 is 41.3 Å². The number of aromatic amines is 1. The SMILES string of the molecule is O=C(O)c1n[nH]nc1C=Cc1ccc(Cl)c(Cl)c1. The number of carboxylic acid groups (broad SMARTS) is 1. The van der Waals surface area contributed by atoms with E-state index in [4.69, 9.17) is 28.3 Å². The number of halogens is 2. The predicted molar refractivity (Wildman–Crippen MR) is 68.7 cm³/mol. The van der Waals surface area contributed by atoms with Gasteiger partial charge < -0.3 is 5.11 Å². The number of nitrogens with zero attached hydrogens (tertiary/aromatic N) is 2. The van der Waals surface area contributed by atoms with Crippen LogP contribution in [0.15, 0.2) is 18.2 Å². The van der Waals surface area contributed by atoms with Gasteiger partial charge in [0, 0.05) is 0 Å². The van der Waals surface area contributed by atoms with Gasteiger partial charge in [-0.05, 0) is 23.8 Å². The van der Waals surface area contributed by atoms with E-state index in [1.807, 2.05) is 0 Å². The van der Waals surface area contributed by atoms with Gasteiger partial charge in [0.05, 0.1) is 10.0 Å². The van der Waals surface area contributed by atoms with E-state index in [2.05, 4.69) is 15.4 Å². The monoisotopic (exact) mass is 283 g/mol. The highest BCUT2D eigenvalue weighted by molar-refractivity contribution is 6.42. The number of H-pyrrole nitrogens is 1. The van der Waals surface area contributed by atoms with Gasteiger partial charge in [-0.15, -0.1) is 5.10 Å². The maximum Gasteiger partial charge on any atom is 0.358 e. The van der Waals surface area contributed by atoms with Gasteiger partial charge >= 0.3 is 5.97 Å². The molecule has 1 aromatic heterocycles. The van der Waals surface area contributed by atoms with E-state index in [1.54, 1.807) is 24.3 Å². The fourth-order valence-corrected chi connectivity index (χ4v) is 1.61. The highest BCUT2D eigenvalue weighted by Gasteiger charge is 2.12. The molecule has 0 bridgehead atoms. The van der Waals surface area contributed by atoms with E-state index in [1.165, 1.54) is 6.08 Å². The van der Waals surface area contributed by atoms with Crippen LogP contribution < -0.4 is 0 Å². The van der Waals surface area contributed by atoms with Crippen LogP contribution in [0.4, 0.5) is 0 Å². The van der Waals surface area contributed by atoms with Gasteiger partial charge in [-0.3, -0.25) is 0 Å². The number of aromatic nitrogens is 3. The van der Waals surface area contributed by atoms with Crippen LogP contribution in [0.3, 0.4) is 0 Å². The second kappa shape index (κ2) is 5.20. The summed E-state index contributed by atoms with van der Waals surface area (Å²) in [5.74, 6) is -1.14. The van der Waals surface area contributed by atoms with E-state index < -0.39 is 5.97 Å². The van der Waals surface area contributed by atoms with E-state index in [-0.39, 0.29) is 11.4 Å². The summed E-state index contributed by atoms with van der Waals surface area (Å²) < 4.78 is 0. The van der Waals surface area contributed by atoms with Crippen molar-refractivity contribution in [2.24, 2.45) is 0 Å². The van der Waals surface area contributed by atoms with Crippen molar-refractivity contribution in [3.63, 3.8) is 0 Å². The average Bonchev–Trinajstić information content (AvgIpc) is 2.79. The molecule has 5 nitrogen and oxygen atoms in total. The summed E-state index contributed by atoms with van der Waals surface area (Å²) in [5.41, 5.74) is 0.892. The molecule has 2 rings (SSSR count). The van der Waals surface area contributed by atoms with Crippen molar-refractivity contribution in [1.29, 1.82) is 0 Å². The summed E-state index contributed by atoms with van der Waals surface area (Å²) in [6.07, 6.45) is 3.21. The van der Waals surface area contributed by atoms with Gasteiger partial charge in [0.25, 0.3) is 0 Å². The molecule has 0 radical (unpaired) electrons. The zero-order valence-electron chi connectivity index (χ0n) is 8.89. The van der Waals surface area contributed by atoms with Crippen LogP contribution in [0.1, 0.15) is 21.7 Å². The van der Waals surface area contributed by atoms with Crippen LogP contribution in [0.25, 0.3) is 12.2 Å². The number of benzene rings is 1. The van der Waals surface area contributed by atoms with Crippen molar-refractivity contribution in [1.82, 2.24) is 15.4 Å². The third kappa shape index (κ3) is 2.69. The van der Waals surface area contributed by atoms with Gasteiger partial charge in [0.15, 0.2) is 5.69 Å². The predicted octanol–water partition coefficient (Wildman–Crippen LogP) is 2.98. The van der Waals surface area contributed by atoms with Crippen LogP contribution in [0.2, 0.25) is 10.0 Å². The first-order valence-electron chi connectivity index (χ1n) is 4.85. The minimum atomic E-state index is -1.14. The summed E-state index contributed by atoms with van der Waals surface area (Å²) >= 11 is 11.6. The van der Waals surface area contributed by atoms with Crippen molar-refractivity contribution in [3.8, 4) is 0 Å². The largest absolute Gasteiger partial charge is 0.476 e. The second-order valence-corrected chi connectivity index (χ2v) is 4.18. The molecule has 1 heterocycles. The minimum Gasteiger partial charge on any atom is -0.476 e. The van der Waals surface area contributed by atoms with Crippen molar-refractivity contribution in [2.75, 3.05) is 0 Å². The molecular weight excluding hydrogens is 277 g/mol. The molecule has 0 amide bonds. The molecule has 18 heavy (non-hydrogen) atoms. The lowest BCUT2D eigenvalue weighted by atomic mass is 10.2. The Morgan fingerprint density at radius 2 is 2.00 bits per heavy atom. The van der Waals surface area contributed by atoms with Crippen LogP contribution in [-0.4, -0.2) is 26.5 Å². The highest BCUT2D eigenvalue weighted by atomic mass is 35.5. The molecule has 0 aliphatic rings. The maximum absolute atomic E-state index is 10.8. The molecule has 2 aromatic rings. The van der Waals surface area contributed by atoms with Crippen LogP contribution in [0.5, 0.6) is 0 Å². The van der Waals surface area contributed by atoms with Gasteiger partial charge in [-0.25, -0.2) is 4.79 Å². The summed E-state index contributed by atoms with van der Waals surface area (Å²) in [7, 11) is 0. The number of rotatable bonds is 3. The molecule has 92 valence electrons. The van der Waals surface area contributed by atoms with E-state index >= 15 is 0 Å². The van der Waals surface area contributed by atoms with Gasteiger partial charge in [0.2, 0.25) is 0 Å². The standard InChI is InChI=1S/C11H7Cl2N3O2/c12-7-3-1-6(5-8(7)13)2-4-9-10(11(17)18)15-16-14-9/h1-5H,(H,17,18)(H,14,15,16). The summed E-state index contributed by atoms with van der Waals surface area (Å²) in [6.45, 7) is 0. The van der Waals surface area contributed by atoms with Crippen LogP contribution in [-0.2, 0) is 0 Å². The van der Waals surface area contributed by atoms with Crippen LogP contribution in [0, 0.1) is 0 Å². The van der Waals surface area contributed by atoms with Crippen LogP contribution >= 0.6 is 23.2 Å². The number of hydrogen-bond donors (Lipinski definition) is 2. The lowest BCUT2D eigenvalue weighted by molar-refractivity contribution is 0.0690. The molecule has 0 saturated carbocycles. The number of carbonyl (C=O) groups is 1. The van der Waals surface area contributed by atoms with Gasteiger partial charge in [0.1, 0.15) is 5.69 Å². The zero-order valence-corrected chi connectivity index (χ0v) is 10.4. The smallest absolute Gasteiger partial charge is 0.358 e. The molecule has 1 aromatic carbocycles. The number of aromatic carboxylic acids is 1. The maximum atomic E-state index is 10.8. The van der Waals surface area contributed by atoms with Crippen molar-refractivity contribution in [3.05, 3.63) is 45.2 Å². The molecule has 0 spiro atoms. The number of nitrogens with one attached hydrogen (secondary N) is 1. The summed E-state index contributed by atoms with van der Waals surface area (Å²) in [6, 6.07) is 5.08. The Kier molecular flexibility index (Phi) is 3.64. The fraction of sp³-hybridized carbons (Fsp3) is 0.